The largest absolute Gasteiger partial charge is 0.344 e. The van der Waals surface area contributed by atoms with E-state index in [2.05, 4.69) is 116 Å². The molecule has 272 valence electrons. The van der Waals surface area contributed by atoms with Crippen LogP contribution in [0.4, 0.5) is 11.4 Å². The lowest BCUT2D eigenvalue weighted by molar-refractivity contribution is -0.436. The number of rotatable bonds is 12. The Balaban J connectivity index is 1.42. The molecule has 0 bridgehead atoms. The van der Waals surface area contributed by atoms with Gasteiger partial charge in [-0.3, -0.25) is 0 Å². The third kappa shape index (κ3) is 6.87. The van der Waals surface area contributed by atoms with E-state index in [1.165, 1.54) is 44.7 Å². The predicted octanol–water partition coefficient (Wildman–Crippen LogP) is 14.1. The molecule has 5 aromatic carbocycles. The summed E-state index contributed by atoms with van der Waals surface area (Å²) in [4.78, 5) is 2.52. The number of fused-ring (bicyclic) bond motifs is 4. The van der Waals surface area contributed by atoms with E-state index in [0.29, 0.717) is 32.9 Å². The zero-order chi connectivity index (χ0) is 37.3. The summed E-state index contributed by atoms with van der Waals surface area (Å²) in [6.07, 6.45) is 12.7. The first kappa shape index (κ1) is 37.8. The van der Waals surface area contributed by atoms with Crippen molar-refractivity contribution >= 4 is 74.3 Å². The molecule has 5 aromatic rings. The van der Waals surface area contributed by atoms with E-state index in [0.717, 1.165) is 49.9 Å². The number of halogens is 4. The van der Waals surface area contributed by atoms with Gasteiger partial charge in [-0.05, 0) is 97.7 Å². The van der Waals surface area contributed by atoms with Crippen LogP contribution in [0, 0.1) is 0 Å². The van der Waals surface area contributed by atoms with Crippen LogP contribution in [0.25, 0.3) is 10.8 Å². The van der Waals surface area contributed by atoms with E-state index in [4.69, 9.17) is 46.4 Å². The molecule has 2 heterocycles. The van der Waals surface area contributed by atoms with Gasteiger partial charge in [-0.2, -0.15) is 4.58 Å². The molecular formula is C47H47Cl4N2+. The van der Waals surface area contributed by atoms with Gasteiger partial charge in [0.25, 0.3) is 0 Å². The van der Waals surface area contributed by atoms with E-state index < -0.39 is 5.41 Å². The van der Waals surface area contributed by atoms with Crippen LogP contribution in [0.2, 0.25) is 20.1 Å². The van der Waals surface area contributed by atoms with Crippen molar-refractivity contribution in [3.8, 4) is 0 Å². The molecule has 7 rings (SSSR count). The summed E-state index contributed by atoms with van der Waals surface area (Å²) in [6.45, 7) is 11.1. The highest BCUT2D eigenvalue weighted by atomic mass is 35.5. The molecular weight excluding hydrogens is 734 g/mol. The molecule has 2 atom stereocenters. The Morgan fingerprint density at radius 3 is 1.91 bits per heavy atom. The molecule has 0 saturated carbocycles. The second kappa shape index (κ2) is 15.7. The summed E-state index contributed by atoms with van der Waals surface area (Å²) in [7, 11) is 0. The third-order valence-electron chi connectivity index (χ3n) is 11.4. The maximum absolute atomic E-state index is 6.91. The Bertz CT molecular complexity index is 2230. The molecule has 0 radical (unpaired) electrons. The Hall–Kier alpha value is -3.53. The second-order valence-corrected chi connectivity index (χ2v) is 16.6. The monoisotopic (exact) mass is 779 g/mol. The maximum Gasteiger partial charge on any atom is 0.217 e. The van der Waals surface area contributed by atoms with E-state index in [-0.39, 0.29) is 5.41 Å². The molecule has 0 spiro atoms. The Morgan fingerprint density at radius 1 is 0.642 bits per heavy atom. The lowest BCUT2D eigenvalue weighted by Crippen LogP contribution is -2.34. The van der Waals surface area contributed by atoms with Gasteiger partial charge in [-0.1, -0.05) is 140 Å². The number of unbranched alkanes of at least 4 members (excludes halogenated alkanes) is 2. The van der Waals surface area contributed by atoms with Crippen molar-refractivity contribution in [2.45, 2.75) is 77.0 Å². The Kier molecular flexibility index (Phi) is 11.2. The smallest absolute Gasteiger partial charge is 0.217 e. The van der Waals surface area contributed by atoms with Gasteiger partial charge in [-0.15, -0.1) is 0 Å². The number of hydrogen-bond donors (Lipinski definition) is 0. The number of anilines is 1. The normalized spacial score (nSPS) is 20.3. The quantitative estimate of drug-likeness (QED) is 0.114. The molecule has 0 aromatic heterocycles. The van der Waals surface area contributed by atoms with Crippen LogP contribution in [0.3, 0.4) is 0 Å². The van der Waals surface area contributed by atoms with Crippen LogP contribution in [0.1, 0.15) is 75.6 Å². The number of hydrogen-bond acceptors (Lipinski definition) is 1. The highest BCUT2D eigenvalue weighted by Crippen LogP contribution is 2.52. The first-order valence-corrected chi connectivity index (χ1v) is 20.4. The van der Waals surface area contributed by atoms with Crippen LogP contribution >= 0.6 is 46.4 Å². The summed E-state index contributed by atoms with van der Waals surface area (Å²) in [6, 6.07) is 33.8. The maximum atomic E-state index is 6.91. The molecule has 0 saturated heterocycles. The standard InChI is InChI=1S/C47H47Cl4N2/c1-5-7-28-52-42-23-12-11-18-36(42)46(3,30-34-38(48)19-13-20-39(34)49)43(52)24-15-25-44-47(4,31-35-40(50)21-14-22-41(35)51)37-27-26-32-16-9-10-17-33(32)45(37)53(44)29-8-6-2/h9-27H,5-8,28-31H2,1-4H3/q+1. The molecule has 2 aliphatic rings. The minimum Gasteiger partial charge on any atom is -0.344 e. The summed E-state index contributed by atoms with van der Waals surface area (Å²) in [5.74, 6) is 0. The van der Waals surface area contributed by atoms with Crippen LogP contribution in [-0.4, -0.2) is 23.4 Å². The number of allylic oxidation sites excluding steroid dienone is 4. The molecule has 53 heavy (non-hydrogen) atoms. The molecule has 0 aliphatic carbocycles. The second-order valence-electron chi connectivity index (χ2n) is 14.9. The van der Waals surface area contributed by atoms with Gasteiger partial charge in [0, 0.05) is 61.5 Å². The van der Waals surface area contributed by atoms with Crippen molar-refractivity contribution in [2.24, 2.45) is 0 Å². The fourth-order valence-electron chi connectivity index (χ4n) is 8.65. The van der Waals surface area contributed by atoms with Gasteiger partial charge < -0.3 is 4.90 Å². The van der Waals surface area contributed by atoms with Crippen LogP contribution < -0.4 is 4.90 Å². The van der Waals surface area contributed by atoms with E-state index in [1.54, 1.807) is 0 Å². The Morgan fingerprint density at radius 2 is 1.25 bits per heavy atom. The zero-order valence-electron chi connectivity index (χ0n) is 31.0. The average molecular weight is 782 g/mol. The number of benzene rings is 5. The summed E-state index contributed by atoms with van der Waals surface area (Å²) in [5.41, 5.74) is 8.81. The molecule has 0 amide bonds. The molecule has 2 nitrogen and oxygen atoms in total. The van der Waals surface area contributed by atoms with Crippen molar-refractivity contribution in [3.05, 3.63) is 163 Å². The van der Waals surface area contributed by atoms with Gasteiger partial charge in [0.1, 0.15) is 6.54 Å². The lowest BCUT2D eigenvalue weighted by Gasteiger charge is -2.31. The molecule has 6 heteroatoms. The van der Waals surface area contributed by atoms with Gasteiger partial charge in [0.15, 0.2) is 5.71 Å². The molecule has 0 N–H and O–H groups in total. The van der Waals surface area contributed by atoms with Crippen LogP contribution in [-0.2, 0) is 23.7 Å². The number of para-hydroxylation sites is 1. The van der Waals surface area contributed by atoms with Crippen molar-refractivity contribution < 1.29 is 4.58 Å². The minimum atomic E-state index is -0.397. The minimum absolute atomic E-state index is 0.362. The van der Waals surface area contributed by atoms with E-state index in [9.17, 15) is 0 Å². The predicted molar refractivity (Wildman–Crippen MR) is 230 cm³/mol. The van der Waals surface area contributed by atoms with Gasteiger partial charge in [0.05, 0.1) is 10.8 Å². The highest BCUT2D eigenvalue weighted by molar-refractivity contribution is 6.36. The number of nitrogens with zero attached hydrogens (tertiary/aromatic N) is 2. The van der Waals surface area contributed by atoms with Crippen molar-refractivity contribution in [3.63, 3.8) is 0 Å². The van der Waals surface area contributed by atoms with Crippen LogP contribution in [0.15, 0.2) is 121 Å². The summed E-state index contributed by atoms with van der Waals surface area (Å²) in [5, 5.41) is 5.30. The molecule has 0 fully saturated rings. The van der Waals surface area contributed by atoms with E-state index >= 15 is 0 Å². The van der Waals surface area contributed by atoms with Gasteiger partial charge in [0.2, 0.25) is 5.69 Å². The summed E-state index contributed by atoms with van der Waals surface area (Å²) >= 11 is 27.5. The van der Waals surface area contributed by atoms with E-state index in [1.807, 2.05) is 36.4 Å². The fourth-order valence-corrected chi connectivity index (χ4v) is 9.72. The molecule has 2 aliphatic heterocycles. The summed E-state index contributed by atoms with van der Waals surface area (Å²) < 4.78 is 2.57. The topological polar surface area (TPSA) is 6.25 Å². The van der Waals surface area contributed by atoms with Gasteiger partial charge >= 0.3 is 0 Å². The lowest BCUT2D eigenvalue weighted by atomic mass is 9.74. The first-order valence-electron chi connectivity index (χ1n) is 18.9. The highest BCUT2D eigenvalue weighted by Gasteiger charge is 2.49. The average Bonchev–Trinajstić information content (AvgIpc) is 3.53. The first-order chi connectivity index (χ1) is 25.6. The van der Waals surface area contributed by atoms with Crippen molar-refractivity contribution in [1.82, 2.24) is 0 Å². The molecule has 2 unspecified atom stereocenters. The third-order valence-corrected chi connectivity index (χ3v) is 12.8. The fraction of sp³-hybridized carbons (Fsp3) is 0.298. The SMILES string of the molecule is CCCCN1/C(=C/C=C/C2=[N+](CCCC)c3c(ccc4ccccc34)C2(C)Cc2c(Cl)cccc2Cl)C(C)(Cc2c(Cl)cccc2Cl)c2ccccc21. The van der Waals surface area contributed by atoms with Crippen LogP contribution in [0.5, 0.6) is 0 Å². The zero-order valence-corrected chi connectivity index (χ0v) is 34.1. The van der Waals surface area contributed by atoms with Crippen molar-refractivity contribution in [1.29, 1.82) is 0 Å². The van der Waals surface area contributed by atoms with Gasteiger partial charge in [-0.25, -0.2) is 0 Å². The Labute approximate surface area is 335 Å². The van der Waals surface area contributed by atoms with Crippen molar-refractivity contribution in [2.75, 3.05) is 18.0 Å².